The summed E-state index contributed by atoms with van der Waals surface area (Å²) in [7, 11) is 0. The summed E-state index contributed by atoms with van der Waals surface area (Å²) >= 11 is 0. The molecule has 1 N–H and O–H groups in total. The molecular weight excluding hydrogens is 328 g/mol. The Labute approximate surface area is 154 Å². The third-order valence-corrected chi connectivity index (χ3v) is 6.38. The summed E-state index contributed by atoms with van der Waals surface area (Å²) in [5.41, 5.74) is 1.20. The van der Waals surface area contributed by atoms with E-state index in [-0.39, 0.29) is 17.9 Å². The molecule has 4 rings (SSSR count). The van der Waals surface area contributed by atoms with Crippen molar-refractivity contribution in [2.24, 2.45) is 23.7 Å². The quantitative estimate of drug-likeness (QED) is 0.877. The van der Waals surface area contributed by atoms with Crippen molar-refractivity contribution in [3.05, 3.63) is 23.3 Å². The molecule has 1 aliphatic heterocycles. The molecule has 0 radical (unpaired) electrons. The van der Waals surface area contributed by atoms with Crippen molar-refractivity contribution in [2.45, 2.75) is 52.5 Å². The van der Waals surface area contributed by atoms with E-state index in [1.165, 1.54) is 6.42 Å². The maximum absolute atomic E-state index is 12.9. The second-order valence-electron chi connectivity index (χ2n) is 8.34. The van der Waals surface area contributed by atoms with Crippen LogP contribution in [-0.4, -0.2) is 45.8 Å². The van der Waals surface area contributed by atoms with Gasteiger partial charge >= 0.3 is 0 Å². The highest BCUT2D eigenvalue weighted by Crippen LogP contribution is 2.58. The predicted octanol–water partition coefficient (Wildman–Crippen LogP) is 2.11. The van der Waals surface area contributed by atoms with E-state index in [9.17, 15) is 9.59 Å². The molecule has 2 amide bonds. The molecule has 0 aromatic carbocycles. The Morgan fingerprint density at radius 2 is 2.04 bits per heavy atom. The number of aromatic nitrogens is 2. The highest BCUT2D eigenvalue weighted by Gasteiger charge is 2.56. The summed E-state index contributed by atoms with van der Waals surface area (Å²) in [6, 6.07) is 0.121. The molecule has 0 bridgehead atoms. The molecule has 1 aromatic heterocycles. The monoisotopic (exact) mass is 356 g/mol. The maximum atomic E-state index is 12.9. The number of hydrogen-bond donors (Lipinski definition) is 1. The Balaban J connectivity index is 1.32. The fraction of sp³-hybridized carbons (Fsp3) is 0.700. The molecule has 1 saturated heterocycles. The first-order valence-corrected chi connectivity index (χ1v) is 9.84. The summed E-state index contributed by atoms with van der Waals surface area (Å²) in [4.78, 5) is 35.7. The van der Waals surface area contributed by atoms with Crippen LogP contribution in [-0.2, 0) is 4.79 Å². The van der Waals surface area contributed by atoms with E-state index in [4.69, 9.17) is 0 Å². The van der Waals surface area contributed by atoms with Crippen LogP contribution >= 0.6 is 0 Å². The highest BCUT2D eigenvalue weighted by molar-refractivity contribution is 5.94. The van der Waals surface area contributed by atoms with Gasteiger partial charge in [-0.3, -0.25) is 9.59 Å². The average Bonchev–Trinajstić information content (AvgIpc) is 3.48. The van der Waals surface area contributed by atoms with E-state index >= 15 is 0 Å². The first-order chi connectivity index (χ1) is 12.5. The summed E-state index contributed by atoms with van der Waals surface area (Å²) in [6.45, 7) is 7.26. The molecule has 3 fully saturated rings. The van der Waals surface area contributed by atoms with Crippen LogP contribution in [0.3, 0.4) is 0 Å². The lowest BCUT2D eigenvalue weighted by Gasteiger charge is -2.25. The van der Waals surface area contributed by atoms with Gasteiger partial charge in [-0.05, 0) is 57.3 Å². The van der Waals surface area contributed by atoms with E-state index < -0.39 is 0 Å². The van der Waals surface area contributed by atoms with Gasteiger partial charge in [-0.1, -0.05) is 6.92 Å². The highest BCUT2D eigenvalue weighted by atomic mass is 16.2. The fourth-order valence-corrected chi connectivity index (χ4v) is 4.58. The van der Waals surface area contributed by atoms with Gasteiger partial charge in [-0.25, -0.2) is 9.97 Å². The van der Waals surface area contributed by atoms with Crippen LogP contribution in [0.5, 0.6) is 0 Å². The Bertz CT molecular complexity index is 735. The minimum atomic E-state index is -0.155. The van der Waals surface area contributed by atoms with Gasteiger partial charge in [0.25, 0.3) is 5.91 Å². The van der Waals surface area contributed by atoms with Gasteiger partial charge in [0, 0.05) is 31.2 Å². The molecule has 26 heavy (non-hydrogen) atoms. The molecule has 2 heterocycles. The summed E-state index contributed by atoms with van der Waals surface area (Å²) < 4.78 is 0. The van der Waals surface area contributed by atoms with E-state index in [2.05, 4.69) is 22.2 Å². The zero-order valence-electron chi connectivity index (χ0n) is 15.9. The minimum absolute atomic E-state index is 0.121. The fourth-order valence-electron chi connectivity index (χ4n) is 4.58. The Kier molecular flexibility index (Phi) is 4.45. The van der Waals surface area contributed by atoms with Crippen LogP contribution in [0.2, 0.25) is 0 Å². The van der Waals surface area contributed by atoms with Crippen molar-refractivity contribution in [3.8, 4) is 0 Å². The van der Waals surface area contributed by atoms with Gasteiger partial charge in [0.2, 0.25) is 5.91 Å². The number of nitrogens with zero attached hydrogens (tertiary/aromatic N) is 3. The zero-order chi connectivity index (χ0) is 18.4. The van der Waals surface area contributed by atoms with Crippen molar-refractivity contribution in [2.75, 3.05) is 13.1 Å². The van der Waals surface area contributed by atoms with Crippen LogP contribution < -0.4 is 5.32 Å². The van der Waals surface area contributed by atoms with Crippen molar-refractivity contribution in [3.63, 3.8) is 0 Å². The van der Waals surface area contributed by atoms with Crippen LogP contribution in [0.25, 0.3) is 0 Å². The zero-order valence-corrected chi connectivity index (χ0v) is 15.9. The lowest BCUT2D eigenvalue weighted by molar-refractivity contribution is -0.133. The van der Waals surface area contributed by atoms with Crippen LogP contribution in [0, 0.1) is 37.5 Å². The standard InChI is InChI=1S/C20H28N4O2/c1-11-7-15(11)16-8-17(16)20(26)24-6-4-5-14(24)9-22-19(25)18-10-21-13(3)23-12(18)2/h10-11,14-17H,4-9H2,1-3H3,(H,22,25)/t11?,14-,15?,16?,17?/m1/s1. The second-order valence-corrected chi connectivity index (χ2v) is 8.34. The number of amides is 2. The molecule has 5 atom stereocenters. The number of aryl methyl sites for hydroxylation is 2. The van der Waals surface area contributed by atoms with E-state index in [1.54, 1.807) is 6.20 Å². The Hall–Kier alpha value is -1.98. The first kappa shape index (κ1) is 17.4. The third-order valence-electron chi connectivity index (χ3n) is 6.38. The van der Waals surface area contributed by atoms with Gasteiger partial charge in [0.1, 0.15) is 5.82 Å². The molecule has 140 valence electrons. The number of carbonyl (C=O) groups excluding carboxylic acids is 2. The SMILES string of the molecule is Cc1ncc(C(=O)NC[C@H]2CCCN2C(=O)C2CC2C2CC2C)c(C)n1. The molecule has 1 aromatic rings. The topological polar surface area (TPSA) is 75.2 Å². The first-order valence-electron chi connectivity index (χ1n) is 9.84. The second kappa shape index (κ2) is 6.63. The van der Waals surface area contributed by atoms with E-state index in [1.807, 2.05) is 18.7 Å². The molecule has 2 saturated carbocycles. The molecule has 3 aliphatic rings. The molecular formula is C20H28N4O2. The Morgan fingerprint density at radius 3 is 2.73 bits per heavy atom. The summed E-state index contributed by atoms with van der Waals surface area (Å²) in [6.07, 6.45) is 5.94. The van der Waals surface area contributed by atoms with Crippen LogP contribution in [0.1, 0.15) is 54.5 Å². The number of rotatable bonds is 5. The van der Waals surface area contributed by atoms with Crippen LogP contribution in [0.4, 0.5) is 0 Å². The van der Waals surface area contributed by atoms with E-state index in [0.717, 1.165) is 37.6 Å². The van der Waals surface area contributed by atoms with Gasteiger partial charge < -0.3 is 10.2 Å². The molecule has 0 spiro atoms. The van der Waals surface area contributed by atoms with Gasteiger partial charge in [0.15, 0.2) is 0 Å². The van der Waals surface area contributed by atoms with Crippen LogP contribution in [0.15, 0.2) is 6.20 Å². The lowest BCUT2D eigenvalue weighted by Crippen LogP contribution is -2.44. The number of likely N-dealkylation sites (tertiary alicyclic amines) is 1. The molecule has 6 nitrogen and oxygen atoms in total. The largest absolute Gasteiger partial charge is 0.350 e. The smallest absolute Gasteiger partial charge is 0.254 e. The summed E-state index contributed by atoms with van der Waals surface area (Å²) in [5.74, 6) is 3.30. The Morgan fingerprint density at radius 1 is 1.27 bits per heavy atom. The van der Waals surface area contributed by atoms with Crippen molar-refractivity contribution in [1.82, 2.24) is 20.2 Å². The van der Waals surface area contributed by atoms with Gasteiger partial charge in [-0.2, -0.15) is 0 Å². The number of nitrogens with one attached hydrogen (secondary N) is 1. The van der Waals surface area contributed by atoms with Gasteiger partial charge in [-0.15, -0.1) is 0 Å². The number of hydrogen-bond acceptors (Lipinski definition) is 4. The number of carbonyl (C=O) groups is 2. The average molecular weight is 356 g/mol. The lowest BCUT2D eigenvalue weighted by atomic mass is 10.1. The summed E-state index contributed by atoms with van der Waals surface area (Å²) in [5, 5.41) is 2.99. The third kappa shape index (κ3) is 3.33. The van der Waals surface area contributed by atoms with E-state index in [0.29, 0.717) is 35.5 Å². The van der Waals surface area contributed by atoms with Crippen molar-refractivity contribution < 1.29 is 9.59 Å². The molecule has 4 unspecified atom stereocenters. The van der Waals surface area contributed by atoms with Crippen molar-refractivity contribution >= 4 is 11.8 Å². The maximum Gasteiger partial charge on any atom is 0.254 e. The predicted molar refractivity (Wildman–Crippen MR) is 97.4 cm³/mol. The normalized spacial score (nSPS) is 32.4. The molecule has 6 heteroatoms. The minimum Gasteiger partial charge on any atom is -0.350 e. The molecule has 2 aliphatic carbocycles. The van der Waals surface area contributed by atoms with Gasteiger partial charge in [0.05, 0.1) is 11.3 Å². The van der Waals surface area contributed by atoms with Crippen molar-refractivity contribution in [1.29, 1.82) is 0 Å².